The molecule has 1 saturated heterocycles. The smallest absolute Gasteiger partial charge is 0.185 e. The summed E-state index contributed by atoms with van der Waals surface area (Å²) < 4.78 is 0. The first kappa shape index (κ1) is 5.67. The second kappa shape index (κ2) is 2.26. The molecular formula is C5H9N5. The van der Waals surface area contributed by atoms with Gasteiger partial charge in [0.1, 0.15) is 0 Å². The molecule has 0 amide bonds. The fraction of sp³-hybridized carbons (Fsp3) is 0.600. The first-order valence-electron chi connectivity index (χ1n) is 3.33. The Morgan fingerprint density at radius 1 is 1.60 bits per heavy atom. The van der Waals surface area contributed by atoms with Gasteiger partial charge in [0.05, 0.1) is 6.20 Å². The van der Waals surface area contributed by atoms with E-state index in [0.717, 1.165) is 18.9 Å². The van der Waals surface area contributed by atoms with Gasteiger partial charge in [0.15, 0.2) is 5.82 Å². The average molecular weight is 139 g/mol. The minimum atomic E-state index is 0.873. The van der Waals surface area contributed by atoms with E-state index in [9.17, 15) is 0 Å². The zero-order valence-electron chi connectivity index (χ0n) is 5.54. The Bertz CT molecular complexity index is 188. The molecule has 54 valence electrons. The summed E-state index contributed by atoms with van der Waals surface area (Å²) in [6.07, 6.45) is 2.88. The van der Waals surface area contributed by atoms with E-state index < -0.39 is 0 Å². The lowest BCUT2D eigenvalue weighted by Gasteiger charge is -2.11. The second-order valence-corrected chi connectivity index (χ2v) is 2.24. The predicted molar refractivity (Wildman–Crippen MR) is 36.3 cm³/mol. The van der Waals surface area contributed by atoms with Crippen LogP contribution in [0.4, 0.5) is 5.82 Å². The molecule has 0 radical (unpaired) electrons. The molecule has 2 heterocycles. The molecule has 1 aromatic heterocycles. The molecule has 0 aromatic carbocycles. The number of rotatable bonds is 1. The largest absolute Gasteiger partial charge is 0.289 e. The van der Waals surface area contributed by atoms with Crippen molar-refractivity contribution in [2.24, 2.45) is 0 Å². The van der Waals surface area contributed by atoms with E-state index in [1.807, 2.05) is 5.01 Å². The lowest BCUT2D eigenvalue weighted by molar-refractivity contribution is 0.769. The number of hydrazine groups is 1. The number of aromatic amines is 1. The van der Waals surface area contributed by atoms with E-state index in [1.165, 1.54) is 6.42 Å². The fourth-order valence-corrected chi connectivity index (χ4v) is 1.05. The van der Waals surface area contributed by atoms with E-state index in [-0.39, 0.29) is 0 Å². The molecule has 5 nitrogen and oxygen atoms in total. The molecule has 0 atom stereocenters. The molecule has 10 heavy (non-hydrogen) atoms. The number of hydrogen-bond acceptors (Lipinski definition) is 4. The fourth-order valence-electron chi connectivity index (χ4n) is 1.05. The third-order valence-electron chi connectivity index (χ3n) is 1.54. The van der Waals surface area contributed by atoms with Crippen LogP contribution in [0, 0.1) is 0 Å². The van der Waals surface area contributed by atoms with Gasteiger partial charge in [-0.3, -0.25) is 5.01 Å². The first-order chi connectivity index (χ1) is 4.97. The topological polar surface area (TPSA) is 56.8 Å². The zero-order valence-corrected chi connectivity index (χ0v) is 5.54. The summed E-state index contributed by atoms with van der Waals surface area (Å²) in [4.78, 5) is 0. The molecule has 0 unspecified atom stereocenters. The standard InChI is InChI=1S/C5H9N5/c1-2-7-10(3-1)5-4-6-9-8-5/h4,7H,1-3H2,(H,6,8,9). The maximum atomic E-state index is 3.93. The quantitative estimate of drug-likeness (QED) is 0.551. The Morgan fingerprint density at radius 3 is 3.20 bits per heavy atom. The lowest BCUT2D eigenvalue weighted by Crippen LogP contribution is -2.30. The molecule has 5 heteroatoms. The van der Waals surface area contributed by atoms with Gasteiger partial charge < -0.3 is 0 Å². The molecule has 2 rings (SSSR count). The van der Waals surface area contributed by atoms with Gasteiger partial charge in [-0.1, -0.05) is 0 Å². The number of anilines is 1. The van der Waals surface area contributed by atoms with Crippen molar-refractivity contribution in [3.63, 3.8) is 0 Å². The number of hydrogen-bond donors (Lipinski definition) is 2. The van der Waals surface area contributed by atoms with Crippen LogP contribution in [-0.4, -0.2) is 28.5 Å². The predicted octanol–water partition coefficient (Wildman–Crippen LogP) is -0.481. The van der Waals surface area contributed by atoms with Crippen LogP contribution in [0.5, 0.6) is 0 Å². The van der Waals surface area contributed by atoms with Crippen molar-refractivity contribution in [2.45, 2.75) is 6.42 Å². The van der Waals surface area contributed by atoms with E-state index >= 15 is 0 Å². The van der Waals surface area contributed by atoms with Crippen molar-refractivity contribution in [1.29, 1.82) is 0 Å². The minimum Gasteiger partial charge on any atom is -0.289 e. The highest BCUT2D eigenvalue weighted by molar-refractivity contribution is 5.32. The van der Waals surface area contributed by atoms with E-state index in [1.54, 1.807) is 6.20 Å². The van der Waals surface area contributed by atoms with Gasteiger partial charge in [-0.25, -0.2) is 5.43 Å². The summed E-state index contributed by atoms with van der Waals surface area (Å²) in [6, 6.07) is 0. The number of nitrogens with one attached hydrogen (secondary N) is 2. The zero-order chi connectivity index (χ0) is 6.81. The summed E-state index contributed by atoms with van der Waals surface area (Å²) in [5.74, 6) is 0.873. The third kappa shape index (κ3) is 0.841. The minimum absolute atomic E-state index is 0.873. The van der Waals surface area contributed by atoms with Crippen molar-refractivity contribution in [3.8, 4) is 0 Å². The maximum absolute atomic E-state index is 3.93. The third-order valence-corrected chi connectivity index (χ3v) is 1.54. The summed E-state index contributed by atoms with van der Waals surface area (Å²) >= 11 is 0. The monoisotopic (exact) mass is 139 g/mol. The van der Waals surface area contributed by atoms with E-state index in [2.05, 4.69) is 20.8 Å². The van der Waals surface area contributed by atoms with Crippen LogP contribution in [0.1, 0.15) is 6.42 Å². The Morgan fingerprint density at radius 2 is 2.60 bits per heavy atom. The maximum Gasteiger partial charge on any atom is 0.185 e. The van der Waals surface area contributed by atoms with Gasteiger partial charge in [-0.2, -0.15) is 10.3 Å². The summed E-state index contributed by atoms with van der Waals surface area (Å²) in [5, 5.41) is 12.2. The molecular weight excluding hydrogens is 130 g/mol. The van der Waals surface area contributed by atoms with Crippen molar-refractivity contribution in [1.82, 2.24) is 20.8 Å². The van der Waals surface area contributed by atoms with Crippen molar-refractivity contribution >= 4 is 5.82 Å². The van der Waals surface area contributed by atoms with E-state index in [0.29, 0.717) is 0 Å². The second-order valence-electron chi connectivity index (χ2n) is 2.24. The number of nitrogens with zero attached hydrogens (tertiary/aromatic N) is 3. The van der Waals surface area contributed by atoms with Crippen LogP contribution in [0.15, 0.2) is 6.20 Å². The van der Waals surface area contributed by atoms with Crippen molar-refractivity contribution in [2.75, 3.05) is 18.1 Å². The molecule has 1 aliphatic rings. The Balaban J connectivity index is 2.12. The molecule has 1 aliphatic heterocycles. The van der Waals surface area contributed by atoms with Crippen molar-refractivity contribution in [3.05, 3.63) is 6.20 Å². The van der Waals surface area contributed by atoms with Crippen LogP contribution in [-0.2, 0) is 0 Å². The van der Waals surface area contributed by atoms with Crippen LogP contribution in [0.25, 0.3) is 0 Å². The summed E-state index contributed by atoms with van der Waals surface area (Å²) in [5.41, 5.74) is 3.17. The molecule has 0 saturated carbocycles. The molecule has 0 bridgehead atoms. The lowest BCUT2D eigenvalue weighted by atomic mass is 10.5. The van der Waals surface area contributed by atoms with Gasteiger partial charge in [0, 0.05) is 13.1 Å². The van der Waals surface area contributed by atoms with Gasteiger partial charge in [0.2, 0.25) is 0 Å². The van der Waals surface area contributed by atoms with Crippen molar-refractivity contribution < 1.29 is 0 Å². The molecule has 0 aliphatic carbocycles. The first-order valence-corrected chi connectivity index (χ1v) is 3.33. The van der Waals surface area contributed by atoms with Gasteiger partial charge in [0.25, 0.3) is 0 Å². The van der Waals surface area contributed by atoms with Gasteiger partial charge >= 0.3 is 0 Å². The highest BCUT2D eigenvalue weighted by Crippen LogP contribution is 2.07. The molecule has 2 N–H and O–H groups in total. The van der Waals surface area contributed by atoms with Crippen LogP contribution < -0.4 is 10.4 Å². The summed E-state index contributed by atoms with van der Waals surface area (Å²) in [6.45, 7) is 2.05. The Kier molecular flexibility index (Phi) is 1.28. The Labute approximate surface area is 58.4 Å². The molecule has 1 aromatic rings. The van der Waals surface area contributed by atoms with Crippen LogP contribution >= 0.6 is 0 Å². The van der Waals surface area contributed by atoms with Crippen LogP contribution in [0.2, 0.25) is 0 Å². The highest BCUT2D eigenvalue weighted by atomic mass is 15.6. The number of aromatic nitrogens is 3. The SMILES string of the molecule is c1n[nH]nc1N1CCCN1. The molecule has 0 spiro atoms. The van der Waals surface area contributed by atoms with Crippen LogP contribution in [0.3, 0.4) is 0 Å². The van der Waals surface area contributed by atoms with Gasteiger partial charge in [-0.05, 0) is 6.42 Å². The molecule has 1 fully saturated rings. The number of H-pyrrole nitrogens is 1. The van der Waals surface area contributed by atoms with Gasteiger partial charge in [-0.15, -0.1) is 5.10 Å². The average Bonchev–Trinajstić information content (AvgIpc) is 2.59. The Hall–Kier alpha value is -1.10. The normalized spacial score (nSPS) is 18.2. The van der Waals surface area contributed by atoms with E-state index in [4.69, 9.17) is 0 Å². The summed E-state index contributed by atoms with van der Waals surface area (Å²) in [7, 11) is 0. The highest BCUT2D eigenvalue weighted by Gasteiger charge is 2.12.